The topological polar surface area (TPSA) is 48.3 Å². The third kappa shape index (κ3) is 4.56. The highest BCUT2D eigenvalue weighted by molar-refractivity contribution is 7.08. The van der Waals surface area contributed by atoms with Crippen LogP contribution in [0.3, 0.4) is 0 Å². The molecule has 0 radical (unpaired) electrons. The maximum absolute atomic E-state index is 12.5. The minimum atomic E-state index is -0.541. The van der Waals surface area contributed by atoms with Crippen molar-refractivity contribution >= 4 is 40.8 Å². The largest absolute Gasteiger partial charge is 0.454 e. The van der Waals surface area contributed by atoms with Gasteiger partial charge < -0.3 is 9.30 Å². The van der Waals surface area contributed by atoms with E-state index < -0.39 is 5.97 Å². The maximum Gasteiger partial charge on any atom is 0.331 e. The molecule has 0 unspecified atom stereocenters. The molecular weight excluding hydrogens is 382 g/mol. The third-order valence-electron chi connectivity index (χ3n) is 4.12. The number of carbonyl (C=O) groups excluding carboxylic acids is 2. The molecule has 0 N–H and O–H groups in total. The number of carbonyl (C=O) groups is 2. The highest BCUT2D eigenvalue weighted by Crippen LogP contribution is 2.22. The molecule has 0 fully saturated rings. The van der Waals surface area contributed by atoms with Crippen LogP contribution in [0, 0.1) is 13.8 Å². The van der Waals surface area contributed by atoms with Gasteiger partial charge in [-0.15, -0.1) is 0 Å². The molecule has 0 bridgehead atoms. The molecule has 0 amide bonds. The average Bonchev–Trinajstić information content (AvgIpc) is 3.27. The number of esters is 1. The number of thiophene rings is 1. The first-order valence-electron chi connectivity index (χ1n) is 8.31. The number of aryl methyl sites for hydroxylation is 1. The predicted molar refractivity (Wildman–Crippen MR) is 109 cm³/mol. The zero-order chi connectivity index (χ0) is 19.4. The van der Waals surface area contributed by atoms with E-state index in [1.165, 1.54) is 6.08 Å². The second-order valence-corrected chi connectivity index (χ2v) is 7.23. The summed E-state index contributed by atoms with van der Waals surface area (Å²) >= 11 is 7.49. The second kappa shape index (κ2) is 8.37. The quantitative estimate of drug-likeness (QED) is 0.323. The molecule has 0 aliphatic carbocycles. The summed E-state index contributed by atoms with van der Waals surface area (Å²) in [4.78, 5) is 24.3. The second-order valence-electron chi connectivity index (χ2n) is 6.02. The number of aromatic nitrogens is 1. The number of halogens is 1. The van der Waals surface area contributed by atoms with Crippen molar-refractivity contribution in [2.45, 2.75) is 13.8 Å². The summed E-state index contributed by atoms with van der Waals surface area (Å²) < 4.78 is 7.06. The van der Waals surface area contributed by atoms with Crippen molar-refractivity contribution in [3.8, 4) is 5.69 Å². The number of benzene rings is 1. The van der Waals surface area contributed by atoms with Gasteiger partial charge in [0.1, 0.15) is 0 Å². The van der Waals surface area contributed by atoms with Crippen LogP contribution in [0.5, 0.6) is 0 Å². The predicted octanol–water partition coefficient (Wildman–Crippen LogP) is 5.25. The van der Waals surface area contributed by atoms with Gasteiger partial charge in [-0.1, -0.05) is 11.6 Å². The first-order valence-corrected chi connectivity index (χ1v) is 9.63. The molecule has 0 saturated carbocycles. The van der Waals surface area contributed by atoms with Gasteiger partial charge in [0.15, 0.2) is 6.61 Å². The fourth-order valence-corrected chi connectivity index (χ4v) is 3.58. The van der Waals surface area contributed by atoms with Gasteiger partial charge in [-0.3, -0.25) is 4.79 Å². The lowest BCUT2D eigenvalue weighted by molar-refractivity contribution is -0.136. The maximum atomic E-state index is 12.5. The number of ether oxygens (including phenoxy) is 1. The number of nitrogens with zero attached hydrogens (tertiary/aromatic N) is 1. The van der Waals surface area contributed by atoms with Gasteiger partial charge in [-0.05, 0) is 72.6 Å². The van der Waals surface area contributed by atoms with E-state index in [2.05, 4.69) is 0 Å². The molecule has 0 aliphatic heterocycles. The Morgan fingerprint density at radius 3 is 2.59 bits per heavy atom. The number of ketones is 1. The van der Waals surface area contributed by atoms with Crippen molar-refractivity contribution in [2.75, 3.05) is 6.61 Å². The minimum absolute atomic E-state index is 0.236. The summed E-state index contributed by atoms with van der Waals surface area (Å²) in [7, 11) is 0. The summed E-state index contributed by atoms with van der Waals surface area (Å²) in [6.45, 7) is 3.50. The molecule has 0 aliphatic rings. The number of hydrogen-bond donors (Lipinski definition) is 0. The minimum Gasteiger partial charge on any atom is -0.454 e. The number of rotatable bonds is 6. The van der Waals surface area contributed by atoms with Crippen molar-refractivity contribution in [1.29, 1.82) is 0 Å². The molecule has 3 aromatic rings. The van der Waals surface area contributed by atoms with Crippen LogP contribution in [0.15, 0.2) is 53.2 Å². The van der Waals surface area contributed by atoms with Crippen LogP contribution in [-0.2, 0) is 9.53 Å². The summed E-state index contributed by atoms with van der Waals surface area (Å²) in [5, 5.41) is 4.49. The van der Waals surface area contributed by atoms with Crippen LogP contribution in [-0.4, -0.2) is 22.9 Å². The van der Waals surface area contributed by atoms with Gasteiger partial charge >= 0.3 is 5.97 Å². The zero-order valence-corrected chi connectivity index (χ0v) is 16.5. The van der Waals surface area contributed by atoms with Gasteiger partial charge in [-0.25, -0.2) is 4.79 Å². The average molecular weight is 400 g/mol. The summed E-state index contributed by atoms with van der Waals surface area (Å²) in [6.07, 6.45) is 2.99. The molecule has 3 rings (SSSR count). The smallest absolute Gasteiger partial charge is 0.331 e. The normalized spacial score (nSPS) is 11.1. The summed E-state index contributed by atoms with van der Waals surface area (Å²) in [6, 6.07) is 11.1. The van der Waals surface area contributed by atoms with Gasteiger partial charge in [-0.2, -0.15) is 11.3 Å². The lowest BCUT2D eigenvalue weighted by atomic mass is 10.1. The van der Waals surface area contributed by atoms with Gasteiger partial charge in [0.25, 0.3) is 0 Å². The van der Waals surface area contributed by atoms with Crippen LogP contribution >= 0.6 is 22.9 Å². The Morgan fingerprint density at radius 2 is 1.93 bits per heavy atom. The highest BCUT2D eigenvalue weighted by Gasteiger charge is 2.17. The standard InChI is InChI=1S/C21H18ClNO3S/c1-14-11-19(15(2)23(14)18-6-4-17(22)5-7-18)20(24)12-26-21(25)8-3-16-9-10-27-13-16/h3-11,13H,12H2,1-2H3/b8-3+. The van der Waals surface area contributed by atoms with Crippen LogP contribution in [0.25, 0.3) is 11.8 Å². The molecular formula is C21H18ClNO3S. The van der Waals surface area contributed by atoms with Crippen LogP contribution in [0.2, 0.25) is 5.02 Å². The van der Waals surface area contributed by atoms with Crippen molar-refractivity contribution in [2.24, 2.45) is 0 Å². The Labute approximate surface area is 166 Å². The number of Topliss-reactive ketones (excluding diaryl/α,β-unsaturated/α-hetero) is 1. The highest BCUT2D eigenvalue weighted by atomic mass is 35.5. The molecule has 2 heterocycles. The summed E-state index contributed by atoms with van der Waals surface area (Å²) in [5.41, 5.74) is 4.10. The lowest BCUT2D eigenvalue weighted by Gasteiger charge is -2.10. The Kier molecular flexibility index (Phi) is 5.94. The van der Waals surface area contributed by atoms with Crippen molar-refractivity contribution in [3.05, 3.63) is 80.8 Å². The lowest BCUT2D eigenvalue weighted by Crippen LogP contribution is -2.13. The molecule has 1 aromatic carbocycles. The molecule has 0 saturated heterocycles. The first-order chi connectivity index (χ1) is 13.0. The van der Waals surface area contributed by atoms with Gasteiger partial charge in [0.05, 0.1) is 0 Å². The van der Waals surface area contributed by atoms with E-state index in [1.807, 2.05) is 47.4 Å². The van der Waals surface area contributed by atoms with Gasteiger partial charge in [0.2, 0.25) is 5.78 Å². The van der Waals surface area contributed by atoms with E-state index in [0.717, 1.165) is 22.6 Å². The third-order valence-corrected chi connectivity index (χ3v) is 5.07. The molecule has 6 heteroatoms. The summed E-state index contributed by atoms with van der Waals surface area (Å²) in [5.74, 6) is -0.776. The van der Waals surface area contributed by atoms with Crippen LogP contribution in [0.4, 0.5) is 0 Å². The molecule has 0 atom stereocenters. The fourth-order valence-electron chi connectivity index (χ4n) is 2.83. The molecule has 27 heavy (non-hydrogen) atoms. The van der Waals surface area contributed by atoms with E-state index in [1.54, 1.807) is 35.6 Å². The molecule has 4 nitrogen and oxygen atoms in total. The van der Waals surface area contributed by atoms with E-state index in [9.17, 15) is 9.59 Å². The van der Waals surface area contributed by atoms with Crippen molar-refractivity contribution < 1.29 is 14.3 Å². The Morgan fingerprint density at radius 1 is 1.19 bits per heavy atom. The van der Waals surface area contributed by atoms with E-state index in [-0.39, 0.29) is 12.4 Å². The van der Waals surface area contributed by atoms with Gasteiger partial charge in [0, 0.05) is 33.7 Å². The van der Waals surface area contributed by atoms with E-state index in [0.29, 0.717) is 10.6 Å². The van der Waals surface area contributed by atoms with Crippen LogP contribution < -0.4 is 0 Å². The molecule has 0 spiro atoms. The monoisotopic (exact) mass is 399 g/mol. The Bertz CT molecular complexity index is 985. The first kappa shape index (κ1) is 19.1. The van der Waals surface area contributed by atoms with Crippen LogP contribution in [0.1, 0.15) is 27.3 Å². The van der Waals surface area contributed by atoms with Crippen molar-refractivity contribution in [3.63, 3.8) is 0 Å². The number of hydrogen-bond acceptors (Lipinski definition) is 4. The fraction of sp³-hybridized carbons (Fsp3) is 0.143. The zero-order valence-electron chi connectivity index (χ0n) is 14.9. The molecule has 138 valence electrons. The Balaban J connectivity index is 1.69. The molecule has 2 aromatic heterocycles. The van der Waals surface area contributed by atoms with Crippen molar-refractivity contribution in [1.82, 2.24) is 4.57 Å². The van der Waals surface area contributed by atoms with E-state index in [4.69, 9.17) is 16.3 Å². The van der Waals surface area contributed by atoms with E-state index >= 15 is 0 Å². The Hall–Kier alpha value is -2.63. The SMILES string of the molecule is Cc1cc(C(=O)COC(=O)/C=C/c2ccsc2)c(C)n1-c1ccc(Cl)cc1.